The van der Waals surface area contributed by atoms with Gasteiger partial charge in [0.2, 0.25) is 0 Å². The summed E-state index contributed by atoms with van der Waals surface area (Å²) in [5.41, 5.74) is 5.86. The van der Waals surface area contributed by atoms with E-state index < -0.39 is 18.0 Å². The summed E-state index contributed by atoms with van der Waals surface area (Å²) < 4.78 is 0. The van der Waals surface area contributed by atoms with Gasteiger partial charge in [-0.3, -0.25) is 0 Å². The molecule has 7 heteroatoms. The minimum atomic E-state index is -1.32. The van der Waals surface area contributed by atoms with E-state index >= 15 is 0 Å². The number of carbonyl (C=O) groups is 2. The Morgan fingerprint density at radius 1 is 1.28 bits per heavy atom. The molecule has 0 aromatic heterocycles. The molecule has 0 radical (unpaired) electrons. The molecule has 94 valence electrons. The van der Waals surface area contributed by atoms with Crippen molar-refractivity contribution in [1.29, 1.82) is 0 Å². The number of carbonyl (C=O) groups excluding carboxylic acids is 2. The van der Waals surface area contributed by atoms with Crippen molar-refractivity contribution in [2.75, 3.05) is 0 Å². The molecule has 0 aliphatic rings. The fraction of sp³-hybridized carbons (Fsp3) is 0.273. The maximum atomic E-state index is 10.7. The first kappa shape index (κ1) is 19.3. The van der Waals surface area contributed by atoms with Gasteiger partial charge in [0.25, 0.3) is 0 Å². The summed E-state index contributed by atoms with van der Waals surface area (Å²) in [5.74, 6) is -1.32. The van der Waals surface area contributed by atoms with Crippen LogP contribution in [0.3, 0.4) is 0 Å². The number of hydrogen-bond acceptors (Lipinski definition) is 3. The Hall–Kier alpha value is -1.08. The smallest absolute Gasteiger partial charge is 0.548 e. The van der Waals surface area contributed by atoms with E-state index in [1.807, 2.05) is 30.3 Å². The summed E-state index contributed by atoms with van der Waals surface area (Å²) in [6.07, 6.45) is 0.801. The van der Waals surface area contributed by atoms with Gasteiger partial charge in [-0.1, -0.05) is 30.3 Å². The third kappa shape index (κ3) is 7.29. The summed E-state index contributed by atoms with van der Waals surface area (Å²) in [6.45, 7) is 0. The first-order valence-electron chi connectivity index (χ1n) is 4.90. The third-order valence-corrected chi connectivity index (χ3v) is 2.17. The van der Waals surface area contributed by atoms with Gasteiger partial charge in [-0.2, -0.15) is 0 Å². The van der Waals surface area contributed by atoms with Gasteiger partial charge in [-0.25, -0.2) is 4.79 Å². The second-order valence-electron chi connectivity index (χ2n) is 3.40. The molecular formula is C11H15N2NaO4. The van der Waals surface area contributed by atoms with Crippen molar-refractivity contribution < 1.29 is 49.7 Å². The molecule has 1 aromatic rings. The number of nitrogens with one attached hydrogen (secondary N) is 1. The van der Waals surface area contributed by atoms with E-state index in [-0.39, 0.29) is 41.5 Å². The summed E-state index contributed by atoms with van der Waals surface area (Å²) in [6, 6.07) is 7.48. The van der Waals surface area contributed by atoms with E-state index in [1.54, 1.807) is 0 Å². The Morgan fingerprint density at radius 2 is 1.83 bits per heavy atom. The zero-order valence-corrected chi connectivity index (χ0v) is 12.2. The van der Waals surface area contributed by atoms with E-state index in [0.29, 0.717) is 6.42 Å². The molecule has 0 heterocycles. The van der Waals surface area contributed by atoms with Crippen molar-refractivity contribution in [2.45, 2.75) is 18.9 Å². The molecule has 0 aliphatic carbocycles. The van der Waals surface area contributed by atoms with Crippen molar-refractivity contribution in [3.8, 4) is 0 Å². The number of benzene rings is 1. The quantitative estimate of drug-likeness (QED) is 0.520. The van der Waals surface area contributed by atoms with Gasteiger partial charge in [-0.15, -0.1) is 0 Å². The van der Waals surface area contributed by atoms with Crippen molar-refractivity contribution >= 4 is 12.0 Å². The zero-order chi connectivity index (χ0) is 12.0. The van der Waals surface area contributed by atoms with Gasteiger partial charge in [0.05, 0.1) is 12.0 Å². The van der Waals surface area contributed by atoms with E-state index in [1.165, 1.54) is 0 Å². The van der Waals surface area contributed by atoms with Gasteiger partial charge in [0.1, 0.15) is 0 Å². The van der Waals surface area contributed by atoms with Crippen molar-refractivity contribution in [3.63, 3.8) is 0 Å². The van der Waals surface area contributed by atoms with Gasteiger partial charge < -0.3 is 26.4 Å². The van der Waals surface area contributed by atoms with E-state index in [4.69, 9.17) is 5.73 Å². The van der Waals surface area contributed by atoms with Crippen LogP contribution < -0.4 is 45.7 Å². The van der Waals surface area contributed by atoms with Crippen LogP contribution >= 0.6 is 0 Å². The predicted molar refractivity (Wildman–Crippen MR) is 59.9 cm³/mol. The Labute approximate surface area is 127 Å². The van der Waals surface area contributed by atoms with Crippen LogP contribution in [0.1, 0.15) is 12.0 Å². The van der Waals surface area contributed by atoms with Crippen molar-refractivity contribution in [1.82, 2.24) is 5.32 Å². The Balaban J connectivity index is 0. The number of urea groups is 1. The number of carboxylic acids is 1. The number of nitrogens with two attached hydrogens (primary N) is 1. The molecule has 0 fully saturated rings. The molecule has 0 saturated heterocycles. The van der Waals surface area contributed by atoms with Crippen LogP contribution in [0.25, 0.3) is 0 Å². The summed E-state index contributed by atoms with van der Waals surface area (Å²) >= 11 is 0. The molecular weight excluding hydrogens is 247 g/mol. The molecule has 6 nitrogen and oxygen atoms in total. The molecule has 18 heavy (non-hydrogen) atoms. The van der Waals surface area contributed by atoms with Crippen LogP contribution in [0.4, 0.5) is 4.79 Å². The van der Waals surface area contributed by atoms with Gasteiger partial charge >= 0.3 is 35.6 Å². The Bertz CT molecular complexity index is 373. The van der Waals surface area contributed by atoms with Crippen LogP contribution in [0.2, 0.25) is 0 Å². The van der Waals surface area contributed by atoms with Crippen molar-refractivity contribution in [2.24, 2.45) is 5.73 Å². The molecule has 1 rings (SSSR count). The maximum Gasteiger partial charge on any atom is 1.00 e. The number of carboxylic acid groups (broad SMARTS) is 1. The molecule has 0 bridgehead atoms. The fourth-order valence-electron chi connectivity index (χ4n) is 1.38. The Kier molecular flexibility index (Phi) is 10.6. The largest absolute Gasteiger partial charge is 1.00 e. The van der Waals surface area contributed by atoms with Crippen LogP contribution in [-0.2, 0) is 11.2 Å². The number of rotatable bonds is 5. The minimum absolute atomic E-state index is 0. The number of primary amides is 1. The average Bonchev–Trinajstić information content (AvgIpc) is 2.25. The molecule has 2 amide bonds. The number of amides is 2. The number of hydrogen-bond donors (Lipinski definition) is 2. The standard InChI is InChI=1S/C11H14N2O3.Na.H2O/c12-11(16)13-9(10(14)15)7-6-8-4-2-1-3-5-8;;/h1-5,9H,6-7H2,(H,14,15)(H3,12,13,16);;1H2/q;+1;/p-1/t9-;;/m1../s1. The second kappa shape index (κ2) is 9.90. The summed E-state index contributed by atoms with van der Waals surface area (Å²) in [5, 5.41) is 12.8. The third-order valence-electron chi connectivity index (χ3n) is 2.17. The van der Waals surface area contributed by atoms with Crippen molar-refractivity contribution in [3.05, 3.63) is 35.9 Å². The second-order valence-corrected chi connectivity index (χ2v) is 3.40. The van der Waals surface area contributed by atoms with Crippen LogP contribution in [0.15, 0.2) is 30.3 Å². The fourth-order valence-corrected chi connectivity index (χ4v) is 1.38. The molecule has 5 N–H and O–H groups in total. The monoisotopic (exact) mass is 262 g/mol. The molecule has 1 aromatic carbocycles. The van der Waals surface area contributed by atoms with Gasteiger partial charge in [-0.05, 0) is 18.4 Å². The van der Waals surface area contributed by atoms with Crippen LogP contribution in [0.5, 0.6) is 0 Å². The molecule has 0 aliphatic heterocycles. The summed E-state index contributed by atoms with van der Waals surface area (Å²) in [7, 11) is 0. The SMILES string of the molecule is NC(=O)N[C@H](CCc1ccccc1)C(=O)[O-].O.[Na+]. The average molecular weight is 262 g/mol. The first-order chi connectivity index (χ1) is 7.59. The first-order valence-corrected chi connectivity index (χ1v) is 4.90. The van der Waals surface area contributed by atoms with E-state index in [2.05, 4.69) is 5.32 Å². The molecule has 0 unspecified atom stereocenters. The minimum Gasteiger partial charge on any atom is -0.548 e. The summed E-state index contributed by atoms with van der Waals surface area (Å²) in [4.78, 5) is 21.2. The van der Waals surface area contributed by atoms with Gasteiger partial charge in [0, 0.05) is 0 Å². The topological polar surface area (TPSA) is 127 Å². The Morgan fingerprint density at radius 3 is 2.28 bits per heavy atom. The number of aliphatic carboxylic acids is 1. The van der Waals surface area contributed by atoms with E-state index in [9.17, 15) is 14.7 Å². The predicted octanol–water partition coefficient (Wildman–Crippen LogP) is -4.41. The maximum absolute atomic E-state index is 10.7. The number of aryl methyl sites for hydroxylation is 1. The van der Waals surface area contributed by atoms with Gasteiger partial charge in [0.15, 0.2) is 0 Å². The van der Waals surface area contributed by atoms with E-state index in [0.717, 1.165) is 5.56 Å². The van der Waals surface area contributed by atoms with Crippen LogP contribution in [0, 0.1) is 0 Å². The molecule has 0 spiro atoms. The normalized spacial score (nSPS) is 10.4. The molecule has 1 atom stereocenters. The van der Waals surface area contributed by atoms with Crippen LogP contribution in [-0.4, -0.2) is 23.5 Å². The molecule has 0 saturated carbocycles. The zero-order valence-electron chi connectivity index (χ0n) is 10.2.